The Bertz CT molecular complexity index is 1860. The molecule has 8 nitrogen and oxygen atoms in total. The molecule has 0 radical (unpaired) electrons. The van der Waals surface area contributed by atoms with Gasteiger partial charge in [-0.1, -0.05) is 84.9 Å². The van der Waals surface area contributed by atoms with Gasteiger partial charge in [0, 0.05) is 11.1 Å². The first kappa shape index (κ1) is 32.3. The Morgan fingerprint density at radius 3 is 1.74 bits per heavy atom. The number of sulfone groups is 2. The minimum Gasteiger partial charge on any atom is -0.308 e. The maximum atomic E-state index is 14.4. The van der Waals surface area contributed by atoms with Crippen LogP contribution >= 0.6 is 7.60 Å². The van der Waals surface area contributed by atoms with Gasteiger partial charge in [0.2, 0.25) is 9.84 Å². The van der Waals surface area contributed by atoms with Gasteiger partial charge in [0.05, 0.1) is 27.9 Å². The van der Waals surface area contributed by atoms with Crippen LogP contribution in [0.3, 0.4) is 0 Å². The summed E-state index contributed by atoms with van der Waals surface area (Å²) in [5.41, 5.74) is 0.396. The van der Waals surface area contributed by atoms with Crippen LogP contribution in [0.1, 0.15) is 45.9 Å². The van der Waals surface area contributed by atoms with E-state index in [0.29, 0.717) is 6.29 Å². The van der Waals surface area contributed by atoms with Crippen LogP contribution in [-0.2, 0) is 33.3 Å². The molecule has 0 N–H and O–H groups in total. The molecule has 0 saturated heterocycles. The third-order valence-electron chi connectivity index (χ3n) is 6.52. The van der Waals surface area contributed by atoms with Gasteiger partial charge in [-0.15, -0.1) is 0 Å². The zero-order chi connectivity index (χ0) is 31.1. The lowest BCUT2D eigenvalue weighted by molar-refractivity contribution is 0.112. The summed E-state index contributed by atoms with van der Waals surface area (Å²) in [6, 6.07) is 27.5. The van der Waals surface area contributed by atoms with Gasteiger partial charge in [-0.25, -0.2) is 16.8 Å². The van der Waals surface area contributed by atoms with Crippen molar-refractivity contribution in [2.45, 2.75) is 28.6 Å². The highest BCUT2D eigenvalue weighted by molar-refractivity contribution is 8.01. The van der Waals surface area contributed by atoms with Crippen LogP contribution < -0.4 is 0 Å². The number of hydrogen-bond acceptors (Lipinski definition) is 8. The topological polar surface area (TPSA) is 121 Å². The fourth-order valence-electron chi connectivity index (χ4n) is 4.64. The molecule has 0 aliphatic carbocycles. The number of hydrogen-bond donors (Lipinski definition) is 0. The van der Waals surface area contributed by atoms with Crippen molar-refractivity contribution in [3.63, 3.8) is 0 Å². The molecule has 0 fully saturated rings. The summed E-state index contributed by atoms with van der Waals surface area (Å²) in [4.78, 5) is 9.80. The maximum Gasteiger partial charge on any atom is 0.353 e. The fraction of sp³-hybridized carbons (Fsp3) is 0.156. The Morgan fingerprint density at radius 1 is 0.698 bits per heavy atom. The van der Waals surface area contributed by atoms with Crippen molar-refractivity contribution in [1.29, 1.82) is 0 Å². The van der Waals surface area contributed by atoms with Gasteiger partial charge in [-0.2, -0.15) is 0 Å². The van der Waals surface area contributed by atoms with Gasteiger partial charge in [-0.05, 0) is 55.3 Å². The van der Waals surface area contributed by atoms with E-state index in [1.54, 1.807) is 74.5 Å². The second-order valence-electron chi connectivity index (χ2n) is 9.24. The number of carbonyl (C=O) groups excluding carboxylic acids is 1. The lowest BCUT2D eigenvalue weighted by atomic mass is 10.0. The summed E-state index contributed by atoms with van der Waals surface area (Å²) < 4.78 is 82.2. The normalized spacial score (nSPS) is 13.4. The summed E-state index contributed by atoms with van der Waals surface area (Å²) in [6.07, 6.45) is 1.85. The molecule has 0 bridgehead atoms. The SMILES string of the molecule is CCOP(=O)(OCC)[C@@H](c1ccccc1/C=C(\c1ccccc1C=O)S(=O)(=O)c1ccccc1)S(=O)(=O)c1ccccc1. The molecule has 11 heteroatoms. The minimum atomic E-state index is -4.43. The Hall–Kier alpha value is -3.66. The van der Waals surface area contributed by atoms with Gasteiger partial charge < -0.3 is 9.05 Å². The average Bonchev–Trinajstić information content (AvgIpc) is 3.01. The molecule has 1 atom stereocenters. The van der Waals surface area contributed by atoms with Crippen molar-refractivity contribution in [2.75, 3.05) is 13.2 Å². The van der Waals surface area contributed by atoms with Gasteiger partial charge in [0.1, 0.15) is 0 Å². The molecule has 4 rings (SSSR count). The third-order valence-corrected chi connectivity index (χ3v) is 13.8. The molecular weight excluding hydrogens is 607 g/mol. The van der Waals surface area contributed by atoms with E-state index in [0.717, 1.165) is 0 Å². The van der Waals surface area contributed by atoms with Gasteiger partial charge >= 0.3 is 7.60 Å². The van der Waals surface area contributed by atoms with Gasteiger partial charge in [-0.3, -0.25) is 9.36 Å². The van der Waals surface area contributed by atoms with Crippen LogP contribution in [0.2, 0.25) is 0 Å². The van der Waals surface area contributed by atoms with E-state index in [1.807, 2.05) is 0 Å². The molecule has 0 heterocycles. The van der Waals surface area contributed by atoms with Crippen molar-refractivity contribution >= 4 is 44.5 Å². The second kappa shape index (κ2) is 13.8. The van der Waals surface area contributed by atoms with Crippen LogP contribution in [0, 0.1) is 0 Å². The van der Waals surface area contributed by atoms with Gasteiger partial charge in [0.25, 0.3) is 0 Å². The molecule has 0 saturated carbocycles. The lowest BCUT2D eigenvalue weighted by Crippen LogP contribution is -2.18. The highest BCUT2D eigenvalue weighted by Gasteiger charge is 2.48. The largest absolute Gasteiger partial charge is 0.353 e. The van der Waals surface area contributed by atoms with E-state index < -0.39 is 32.3 Å². The standard InChI is InChI=1S/C32H31O8PS2/c1-3-39-41(34,40-4-2)32(43(37,38)28-19-9-6-10-20-28)30-22-14-11-15-25(30)23-31(29-21-13-12-16-26(29)24-33)42(35,36)27-17-7-5-8-18-27/h5-24,32H,3-4H2,1-2H3/b31-23+/t32-/m1/s1. The van der Waals surface area contributed by atoms with Crippen LogP contribution in [-0.4, -0.2) is 36.3 Å². The minimum absolute atomic E-state index is 0.0148. The highest BCUT2D eigenvalue weighted by atomic mass is 32.2. The second-order valence-corrected chi connectivity index (χ2v) is 15.7. The molecule has 4 aromatic rings. The van der Waals surface area contributed by atoms with Crippen molar-refractivity contribution in [3.05, 3.63) is 131 Å². The Balaban J connectivity index is 2.09. The van der Waals surface area contributed by atoms with E-state index in [2.05, 4.69) is 0 Å². The van der Waals surface area contributed by atoms with Crippen LogP contribution in [0.25, 0.3) is 11.0 Å². The number of benzene rings is 4. The summed E-state index contributed by atoms with van der Waals surface area (Å²) in [5.74, 6) is 0. The first-order valence-electron chi connectivity index (χ1n) is 13.4. The summed E-state index contributed by atoms with van der Waals surface area (Å²) in [7, 11) is -13.1. The van der Waals surface area contributed by atoms with E-state index in [-0.39, 0.29) is 50.2 Å². The molecule has 43 heavy (non-hydrogen) atoms. The van der Waals surface area contributed by atoms with E-state index in [9.17, 15) is 26.2 Å². The Kier molecular flexibility index (Phi) is 10.3. The zero-order valence-corrected chi connectivity index (χ0v) is 26.1. The van der Waals surface area contributed by atoms with Crippen molar-refractivity contribution < 1.29 is 35.2 Å². The van der Waals surface area contributed by atoms with Crippen molar-refractivity contribution in [1.82, 2.24) is 0 Å². The Labute approximate surface area is 252 Å². The lowest BCUT2D eigenvalue weighted by Gasteiger charge is -2.28. The van der Waals surface area contributed by atoms with Crippen LogP contribution in [0.5, 0.6) is 0 Å². The van der Waals surface area contributed by atoms with Gasteiger partial charge in [0.15, 0.2) is 21.1 Å². The molecule has 0 aliphatic heterocycles. The molecule has 4 aromatic carbocycles. The third kappa shape index (κ3) is 6.79. The summed E-state index contributed by atoms with van der Waals surface area (Å²) in [5, 5.41) is 0. The van der Waals surface area contributed by atoms with E-state index in [1.165, 1.54) is 54.6 Å². The summed E-state index contributed by atoms with van der Waals surface area (Å²) >= 11 is 0. The number of carbonyl (C=O) groups is 1. The quantitative estimate of drug-likeness (QED) is 0.0856. The number of rotatable bonds is 13. The fourth-order valence-corrected chi connectivity index (χ4v) is 11.2. The van der Waals surface area contributed by atoms with Crippen molar-refractivity contribution in [3.8, 4) is 0 Å². The predicted octanol–water partition coefficient (Wildman–Crippen LogP) is 7.21. The van der Waals surface area contributed by atoms with Crippen molar-refractivity contribution in [2.24, 2.45) is 0 Å². The molecule has 0 spiro atoms. The van der Waals surface area contributed by atoms with E-state index >= 15 is 0 Å². The molecule has 224 valence electrons. The van der Waals surface area contributed by atoms with Crippen LogP contribution in [0.15, 0.2) is 119 Å². The first-order chi connectivity index (χ1) is 20.6. The van der Waals surface area contributed by atoms with E-state index in [4.69, 9.17) is 9.05 Å². The highest BCUT2D eigenvalue weighted by Crippen LogP contribution is 2.65. The molecule has 0 aromatic heterocycles. The molecular formula is C32H31O8PS2. The smallest absolute Gasteiger partial charge is 0.308 e. The Morgan fingerprint density at radius 2 is 1.19 bits per heavy atom. The number of aldehydes is 1. The average molecular weight is 639 g/mol. The van der Waals surface area contributed by atoms with Crippen LogP contribution in [0.4, 0.5) is 0 Å². The monoisotopic (exact) mass is 638 g/mol. The molecule has 0 aliphatic rings. The maximum absolute atomic E-state index is 14.4. The predicted molar refractivity (Wildman–Crippen MR) is 167 cm³/mol. The summed E-state index contributed by atoms with van der Waals surface area (Å²) in [6.45, 7) is 2.95. The first-order valence-corrected chi connectivity index (χ1v) is 18.1. The zero-order valence-electron chi connectivity index (χ0n) is 23.6. The molecule has 0 unspecified atom stereocenters. The molecule has 0 amide bonds.